The number of urea groups is 1. The van der Waals surface area contributed by atoms with Crippen molar-refractivity contribution in [3.63, 3.8) is 0 Å². The van der Waals surface area contributed by atoms with Crippen LogP contribution in [0.1, 0.15) is 67.6 Å². The molecule has 1 atom stereocenters. The summed E-state index contributed by atoms with van der Waals surface area (Å²) < 4.78 is 27.3. The quantitative estimate of drug-likeness (QED) is 0.620. The molecule has 30 heavy (non-hydrogen) atoms. The maximum absolute atomic E-state index is 12.7. The molecule has 0 aliphatic heterocycles. The van der Waals surface area contributed by atoms with Gasteiger partial charge in [0.1, 0.15) is 10.6 Å². The molecule has 0 spiro atoms. The van der Waals surface area contributed by atoms with Crippen molar-refractivity contribution in [3.8, 4) is 0 Å². The second-order valence-electron chi connectivity index (χ2n) is 8.75. The molecule has 1 fully saturated rings. The summed E-state index contributed by atoms with van der Waals surface area (Å²) in [4.78, 5) is 16.7. The van der Waals surface area contributed by atoms with Gasteiger partial charge in [0.25, 0.3) is 10.0 Å². The first-order valence-corrected chi connectivity index (χ1v) is 12.5. The molecule has 4 rings (SSSR count). The Morgan fingerprint density at radius 1 is 1.30 bits per heavy atom. The Morgan fingerprint density at radius 2 is 2.03 bits per heavy atom. The average molecular weight is 450 g/mol. The number of hydrogen-bond acceptors (Lipinski definition) is 6. The van der Waals surface area contributed by atoms with Crippen molar-refractivity contribution >= 4 is 33.1 Å². The molecule has 9 heteroatoms. The van der Waals surface area contributed by atoms with Gasteiger partial charge in [-0.25, -0.2) is 22.9 Å². The van der Waals surface area contributed by atoms with Crippen LogP contribution in [0.25, 0.3) is 0 Å². The molecule has 0 bridgehead atoms. The van der Waals surface area contributed by atoms with E-state index in [1.54, 1.807) is 0 Å². The number of sulfonamides is 1. The molecule has 2 aliphatic carbocycles. The van der Waals surface area contributed by atoms with Gasteiger partial charge in [-0.1, -0.05) is 19.1 Å². The van der Waals surface area contributed by atoms with E-state index in [9.17, 15) is 18.3 Å². The number of amides is 2. The summed E-state index contributed by atoms with van der Waals surface area (Å²) in [5.41, 5.74) is 2.93. The number of nitrogens with zero attached hydrogens (tertiary/aromatic N) is 1. The number of benzene rings is 1. The number of rotatable bonds is 6. The minimum Gasteiger partial charge on any atom is -0.383 e. The van der Waals surface area contributed by atoms with Crippen molar-refractivity contribution in [2.24, 2.45) is 5.92 Å². The second-order valence-corrected chi connectivity index (χ2v) is 11.7. The highest BCUT2D eigenvalue weighted by Crippen LogP contribution is 2.46. The van der Waals surface area contributed by atoms with Crippen LogP contribution in [0.2, 0.25) is 0 Å². The number of aryl methyl sites for hydroxylation is 1. The molecule has 3 N–H and O–H groups in total. The van der Waals surface area contributed by atoms with E-state index < -0.39 is 21.7 Å². The zero-order chi connectivity index (χ0) is 21.7. The Kier molecular flexibility index (Phi) is 5.40. The second kappa shape index (κ2) is 7.62. The molecule has 0 saturated heterocycles. The van der Waals surface area contributed by atoms with Crippen LogP contribution in [0.5, 0.6) is 0 Å². The molecule has 1 saturated carbocycles. The van der Waals surface area contributed by atoms with E-state index >= 15 is 0 Å². The topological polar surface area (TPSA) is 108 Å². The highest BCUT2D eigenvalue weighted by Gasteiger charge is 2.33. The van der Waals surface area contributed by atoms with Crippen LogP contribution in [0.15, 0.2) is 22.5 Å². The van der Waals surface area contributed by atoms with Gasteiger partial charge in [0.2, 0.25) is 0 Å². The van der Waals surface area contributed by atoms with Gasteiger partial charge >= 0.3 is 6.03 Å². The van der Waals surface area contributed by atoms with Gasteiger partial charge in [-0.3, -0.25) is 0 Å². The molecule has 2 aromatic rings. The van der Waals surface area contributed by atoms with Crippen molar-refractivity contribution in [1.82, 2.24) is 9.71 Å². The monoisotopic (exact) mass is 449 g/mol. The standard InChI is InChI=1S/C21H27N3O4S2/c1-12(13-7-8-13)15-10-9-14-5-4-6-16(14)18(15)23-20(25)24-30(27,28)17-11-22-19(29-17)21(2,3)26/h9-13,26H,4-8H2,1-3H3,(H2,23,24,25)/t12-/m1/s1. The molecule has 7 nitrogen and oxygen atoms in total. The first-order chi connectivity index (χ1) is 14.1. The SMILES string of the molecule is C[C@@H](c1ccc2c(c1NC(=O)NS(=O)(=O)c1cnc(C(C)(C)O)s1)CCC2)C1CC1. The number of thiazole rings is 1. The van der Waals surface area contributed by atoms with Crippen molar-refractivity contribution in [2.45, 2.75) is 68.6 Å². The fraction of sp³-hybridized carbons (Fsp3) is 0.524. The number of anilines is 1. The molecule has 1 heterocycles. The van der Waals surface area contributed by atoms with Crippen molar-refractivity contribution < 1.29 is 18.3 Å². The zero-order valence-corrected chi connectivity index (χ0v) is 19.0. The number of hydrogen-bond donors (Lipinski definition) is 3. The van der Waals surface area contributed by atoms with E-state index in [1.807, 2.05) is 0 Å². The van der Waals surface area contributed by atoms with Gasteiger partial charge < -0.3 is 10.4 Å². The molecule has 162 valence electrons. The van der Waals surface area contributed by atoms with E-state index in [2.05, 4.69) is 34.1 Å². The smallest absolute Gasteiger partial charge is 0.333 e. The van der Waals surface area contributed by atoms with Gasteiger partial charge in [-0.15, -0.1) is 11.3 Å². The largest absolute Gasteiger partial charge is 0.383 e. The summed E-state index contributed by atoms with van der Waals surface area (Å²) in [5.74, 6) is 0.938. The number of carbonyl (C=O) groups is 1. The average Bonchev–Trinajstić information content (AvgIpc) is 3.16. The first kappa shape index (κ1) is 21.3. The summed E-state index contributed by atoms with van der Waals surface area (Å²) >= 11 is 0.844. The summed E-state index contributed by atoms with van der Waals surface area (Å²) in [6, 6.07) is 3.44. The van der Waals surface area contributed by atoms with Crippen molar-refractivity contribution in [3.05, 3.63) is 40.0 Å². The fourth-order valence-electron chi connectivity index (χ4n) is 4.04. The maximum atomic E-state index is 12.7. The fourth-order valence-corrected chi connectivity index (χ4v) is 6.08. The van der Waals surface area contributed by atoms with Crippen LogP contribution in [0, 0.1) is 5.92 Å². The van der Waals surface area contributed by atoms with Gasteiger partial charge in [0.15, 0.2) is 4.21 Å². The van der Waals surface area contributed by atoms with Gasteiger partial charge in [0, 0.05) is 5.69 Å². The van der Waals surface area contributed by atoms with Crippen LogP contribution >= 0.6 is 11.3 Å². The summed E-state index contributed by atoms with van der Waals surface area (Å²) in [7, 11) is -4.09. The molecular weight excluding hydrogens is 422 g/mol. The molecule has 1 aromatic carbocycles. The lowest BCUT2D eigenvalue weighted by Crippen LogP contribution is -2.34. The van der Waals surface area contributed by atoms with Crippen LogP contribution < -0.4 is 10.0 Å². The predicted molar refractivity (Wildman–Crippen MR) is 116 cm³/mol. The van der Waals surface area contributed by atoms with Crippen LogP contribution in [0.3, 0.4) is 0 Å². The number of fused-ring (bicyclic) bond motifs is 1. The maximum Gasteiger partial charge on any atom is 0.333 e. The lowest BCUT2D eigenvalue weighted by atomic mass is 9.91. The molecule has 0 radical (unpaired) electrons. The Hall–Kier alpha value is -1.97. The van der Waals surface area contributed by atoms with E-state index in [0.717, 1.165) is 53.6 Å². The van der Waals surface area contributed by atoms with Crippen molar-refractivity contribution in [2.75, 3.05) is 5.32 Å². The van der Waals surface area contributed by atoms with Gasteiger partial charge in [0.05, 0.1) is 6.20 Å². The number of aromatic nitrogens is 1. The molecule has 2 amide bonds. The molecular formula is C21H27N3O4S2. The van der Waals surface area contributed by atoms with Crippen molar-refractivity contribution in [1.29, 1.82) is 0 Å². The first-order valence-electron chi connectivity index (χ1n) is 10.2. The van der Waals surface area contributed by atoms with E-state index in [-0.39, 0.29) is 9.22 Å². The van der Waals surface area contributed by atoms with Gasteiger partial charge in [-0.2, -0.15) is 0 Å². The minimum atomic E-state index is -4.09. The Balaban J connectivity index is 1.57. The highest BCUT2D eigenvalue weighted by molar-refractivity contribution is 7.92. The zero-order valence-electron chi connectivity index (χ0n) is 17.4. The summed E-state index contributed by atoms with van der Waals surface area (Å²) in [6.07, 6.45) is 6.43. The van der Waals surface area contributed by atoms with Crippen LogP contribution in [0.4, 0.5) is 10.5 Å². The third-order valence-corrected chi connectivity index (χ3v) is 8.98. The normalized spacial score (nSPS) is 17.5. The number of aliphatic hydroxyl groups is 1. The lowest BCUT2D eigenvalue weighted by molar-refractivity contribution is 0.0783. The lowest BCUT2D eigenvalue weighted by Gasteiger charge is -2.20. The highest BCUT2D eigenvalue weighted by atomic mass is 32.2. The Labute approximate surface area is 181 Å². The minimum absolute atomic E-state index is 0.111. The summed E-state index contributed by atoms with van der Waals surface area (Å²) in [6.45, 7) is 5.23. The molecule has 2 aliphatic rings. The van der Waals surface area contributed by atoms with Crippen LogP contribution in [-0.2, 0) is 28.5 Å². The predicted octanol–water partition coefficient (Wildman–Crippen LogP) is 3.88. The number of carbonyl (C=O) groups excluding carboxylic acids is 1. The Morgan fingerprint density at radius 3 is 2.67 bits per heavy atom. The Bertz CT molecular complexity index is 1080. The summed E-state index contributed by atoms with van der Waals surface area (Å²) in [5, 5.41) is 13.1. The van der Waals surface area contributed by atoms with E-state index in [1.165, 1.54) is 32.3 Å². The molecule has 1 aromatic heterocycles. The van der Waals surface area contributed by atoms with Crippen LogP contribution in [-0.4, -0.2) is 24.5 Å². The third kappa shape index (κ3) is 4.24. The third-order valence-electron chi connectivity index (χ3n) is 5.87. The van der Waals surface area contributed by atoms with E-state index in [0.29, 0.717) is 11.8 Å². The molecule has 0 unspecified atom stereocenters. The van der Waals surface area contributed by atoms with Gasteiger partial charge in [-0.05, 0) is 74.5 Å². The number of nitrogens with one attached hydrogen (secondary N) is 2. The van der Waals surface area contributed by atoms with E-state index in [4.69, 9.17) is 0 Å².